The molecule has 1 aromatic heterocycles. The molecule has 80 valence electrons. The van der Waals surface area contributed by atoms with Gasteiger partial charge in [0.25, 0.3) is 0 Å². The van der Waals surface area contributed by atoms with Crippen LogP contribution in [0.4, 0.5) is 5.13 Å². The van der Waals surface area contributed by atoms with Gasteiger partial charge in [-0.3, -0.25) is 0 Å². The Labute approximate surface area is 89.9 Å². The lowest BCUT2D eigenvalue weighted by molar-refractivity contribution is 0.695. The summed E-state index contributed by atoms with van der Waals surface area (Å²) >= 11 is 1.67. The molecule has 14 heavy (non-hydrogen) atoms. The molecule has 2 N–H and O–H groups in total. The number of aromatic nitrogens is 1. The normalized spacial score (nSPS) is 13.3. The molecule has 0 amide bonds. The van der Waals surface area contributed by atoms with E-state index in [9.17, 15) is 0 Å². The summed E-state index contributed by atoms with van der Waals surface area (Å²) in [6.45, 7) is 9.45. The van der Waals surface area contributed by atoms with Gasteiger partial charge < -0.3 is 10.6 Å². The van der Waals surface area contributed by atoms with E-state index in [1.165, 1.54) is 0 Å². The zero-order valence-corrected chi connectivity index (χ0v) is 10.1. The van der Waals surface area contributed by atoms with E-state index in [4.69, 9.17) is 5.73 Å². The zero-order chi connectivity index (χ0) is 10.7. The lowest BCUT2D eigenvalue weighted by Gasteiger charge is -2.24. The second kappa shape index (κ2) is 4.75. The third-order valence-electron chi connectivity index (χ3n) is 2.19. The van der Waals surface area contributed by atoms with Crippen molar-refractivity contribution in [1.29, 1.82) is 0 Å². The molecule has 4 heteroatoms. The minimum atomic E-state index is 0.0332. The maximum Gasteiger partial charge on any atom is 0.185 e. The summed E-state index contributed by atoms with van der Waals surface area (Å²) in [6.07, 6.45) is 0. The van der Waals surface area contributed by atoms with E-state index in [0.717, 1.165) is 17.4 Å². The lowest BCUT2D eigenvalue weighted by Crippen LogP contribution is -2.30. The topological polar surface area (TPSA) is 42.2 Å². The van der Waals surface area contributed by atoms with Gasteiger partial charge >= 0.3 is 0 Å². The van der Waals surface area contributed by atoms with E-state index in [1.54, 1.807) is 11.3 Å². The Morgan fingerprint density at radius 3 is 2.50 bits per heavy atom. The highest BCUT2D eigenvalue weighted by Gasteiger charge is 2.13. The second-order valence-corrected chi connectivity index (χ2v) is 4.56. The molecule has 1 heterocycles. The molecule has 0 aliphatic carbocycles. The van der Waals surface area contributed by atoms with Gasteiger partial charge in [-0.25, -0.2) is 4.98 Å². The third-order valence-corrected chi connectivity index (χ3v) is 3.08. The number of thiazole rings is 1. The van der Waals surface area contributed by atoms with Crippen LogP contribution in [0, 0.1) is 0 Å². The number of rotatable bonds is 4. The SMILES string of the molecule is CCN(c1nc(C(C)N)cs1)C(C)C. The highest BCUT2D eigenvalue weighted by Crippen LogP contribution is 2.24. The molecule has 0 saturated heterocycles. The Balaban J connectivity index is 2.84. The van der Waals surface area contributed by atoms with Crippen LogP contribution in [0.15, 0.2) is 5.38 Å². The van der Waals surface area contributed by atoms with Crippen LogP contribution in [0.1, 0.15) is 39.4 Å². The van der Waals surface area contributed by atoms with Gasteiger partial charge in [-0.2, -0.15) is 0 Å². The fourth-order valence-corrected chi connectivity index (χ4v) is 2.47. The second-order valence-electron chi connectivity index (χ2n) is 3.72. The molecule has 0 aromatic carbocycles. The van der Waals surface area contributed by atoms with Crippen molar-refractivity contribution in [3.05, 3.63) is 11.1 Å². The summed E-state index contributed by atoms with van der Waals surface area (Å²) in [7, 11) is 0. The molecule has 0 bridgehead atoms. The molecule has 1 aromatic rings. The van der Waals surface area contributed by atoms with Crippen LogP contribution in [0.3, 0.4) is 0 Å². The average Bonchev–Trinajstić information content (AvgIpc) is 2.53. The molecule has 0 radical (unpaired) electrons. The number of hydrogen-bond acceptors (Lipinski definition) is 4. The summed E-state index contributed by atoms with van der Waals surface area (Å²) < 4.78 is 0. The van der Waals surface area contributed by atoms with Crippen LogP contribution in [-0.4, -0.2) is 17.6 Å². The van der Waals surface area contributed by atoms with Crippen molar-refractivity contribution in [1.82, 2.24) is 4.98 Å². The van der Waals surface area contributed by atoms with Crippen molar-refractivity contribution < 1.29 is 0 Å². The fourth-order valence-electron chi connectivity index (χ4n) is 1.34. The van der Waals surface area contributed by atoms with Gasteiger partial charge in [0.15, 0.2) is 5.13 Å². The van der Waals surface area contributed by atoms with E-state index in [-0.39, 0.29) is 6.04 Å². The van der Waals surface area contributed by atoms with Gasteiger partial charge in [-0.15, -0.1) is 11.3 Å². The largest absolute Gasteiger partial charge is 0.346 e. The van der Waals surface area contributed by atoms with E-state index < -0.39 is 0 Å². The Morgan fingerprint density at radius 2 is 2.14 bits per heavy atom. The first-order valence-corrected chi connectivity index (χ1v) is 5.91. The van der Waals surface area contributed by atoms with Crippen molar-refractivity contribution in [3.63, 3.8) is 0 Å². The van der Waals surface area contributed by atoms with E-state index in [2.05, 4.69) is 30.7 Å². The molecule has 3 nitrogen and oxygen atoms in total. The number of nitrogens with two attached hydrogens (primary N) is 1. The van der Waals surface area contributed by atoms with Crippen molar-refractivity contribution in [3.8, 4) is 0 Å². The van der Waals surface area contributed by atoms with Crippen LogP contribution in [-0.2, 0) is 0 Å². The Kier molecular flexibility index (Phi) is 3.89. The number of anilines is 1. The highest BCUT2D eigenvalue weighted by atomic mass is 32.1. The summed E-state index contributed by atoms with van der Waals surface area (Å²) in [5.41, 5.74) is 6.76. The van der Waals surface area contributed by atoms with Gasteiger partial charge in [-0.05, 0) is 27.7 Å². The van der Waals surface area contributed by atoms with Crippen molar-refractivity contribution in [2.45, 2.75) is 39.8 Å². The summed E-state index contributed by atoms with van der Waals surface area (Å²) in [5.74, 6) is 0. The quantitative estimate of drug-likeness (QED) is 0.835. The van der Waals surface area contributed by atoms with Crippen molar-refractivity contribution >= 4 is 16.5 Å². The fraction of sp³-hybridized carbons (Fsp3) is 0.700. The predicted molar refractivity (Wildman–Crippen MR) is 62.9 cm³/mol. The van der Waals surface area contributed by atoms with Crippen molar-refractivity contribution in [2.24, 2.45) is 5.73 Å². The lowest BCUT2D eigenvalue weighted by atomic mass is 10.3. The van der Waals surface area contributed by atoms with Gasteiger partial charge in [0.2, 0.25) is 0 Å². The highest BCUT2D eigenvalue weighted by molar-refractivity contribution is 7.13. The molecule has 0 saturated carbocycles. The first-order valence-electron chi connectivity index (χ1n) is 5.03. The minimum absolute atomic E-state index is 0.0332. The number of hydrogen-bond donors (Lipinski definition) is 1. The monoisotopic (exact) mass is 213 g/mol. The van der Waals surface area contributed by atoms with Crippen molar-refractivity contribution in [2.75, 3.05) is 11.4 Å². The maximum absolute atomic E-state index is 5.77. The molecular formula is C10H19N3S. The molecule has 0 fully saturated rings. The average molecular weight is 213 g/mol. The maximum atomic E-state index is 5.77. The van der Waals surface area contributed by atoms with Crippen LogP contribution in [0.2, 0.25) is 0 Å². The molecule has 1 atom stereocenters. The molecule has 0 spiro atoms. The Bertz CT molecular complexity index is 281. The summed E-state index contributed by atoms with van der Waals surface area (Å²) in [4.78, 5) is 6.80. The zero-order valence-electron chi connectivity index (χ0n) is 9.32. The summed E-state index contributed by atoms with van der Waals surface area (Å²) in [5, 5.41) is 3.13. The first-order chi connectivity index (χ1) is 6.56. The van der Waals surface area contributed by atoms with E-state index >= 15 is 0 Å². The van der Waals surface area contributed by atoms with Crippen LogP contribution in [0.5, 0.6) is 0 Å². The number of nitrogens with zero attached hydrogens (tertiary/aromatic N) is 2. The Hall–Kier alpha value is -0.610. The Morgan fingerprint density at radius 1 is 1.50 bits per heavy atom. The van der Waals surface area contributed by atoms with Gasteiger partial charge in [0.05, 0.1) is 5.69 Å². The molecule has 0 aliphatic rings. The van der Waals surface area contributed by atoms with Gasteiger partial charge in [0.1, 0.15) is 0 Å². The predicted octanol–water partition coefficient (Wildman–Crippen LogP) is 2.40. The van der Waals surface area contributed by atoms with Gasteiger partial charge in [0, 0.05) is 24.0 Å². The van der Waals surface area contributed by atoms with Gasteiger partial charge in [-0.1, -0.05) is 0 Å². The van der Waals surface area contributed by atoms with Crippen LogP contribution in [0.25, 0.3) is 0 Å². The smallest absolute Gasteiger partial charge is 0.185 e. The van der Waals surface area contributed by atoms with Crippen LogP contribution < -0.4 is 10.6 Å². The van der Waals surface area contributed by atoms with E-state index in [1.807, 2.05) is 12.3 Å². The van der Waals surface area contributed by atoms with Crippen LogP contribution >= 0.6 is 11.3 Å². The molecule has 0 aliphatic heterocycles. The first kappa shape index (κ1) is 11.5. The molecule has 1 unspecified atom stereocenters. The van der Waals surface area contributed by atoms with E-state index in [0.29, 0.717) is 6.04 Å². The standard InChI is InChI=1S/C10H19N3S/c1-5-13(7(2)3)10-12-9(6-14-10)8(4)11/h6-8H,5,11H2,1-4H3. The minimum Gasteiger partial charge on any atom is -0.346 e. The molecule has 1 rings (SSSR count). The summed E-state index contributed by atoms with van der Waals surface area (Å²) in [6, 6.07) is 0.526. The third kappa shape index (κ3) is 2.45. The molecular weight excluding hydrogens is 194 g/mol.